The Balaban J connectivity index is 1.87. The van der Waals surface area contributed by atoms with E-state index >= 15 is 0 Å². The molecule has 4 rings (SSSR count). The summed E-state index contributed by atoms with van der Waals surface area (Å²) in [5.41, 5.74) is 5.37. The van der Waals surface area contributed by atoms with Crippen LogP contribution in [0.1, 0.15) is 16.7 Å². The molecule has 0 aliphatic heterocycles. The number of nitrogens with zero attached hydrogens (tertiary/aromatic N) is 3. The average molecular weight is 364 g/mol. The average Bonchev–Trinajstić information content (AvgIpc) is 2.99. The first-order valence-corrected chi connectivity index (χ1v) is 9.22. The zero-order chi connectivity index (χ0) is 17.4. The van der Waals surface area contributed by atoms with Crippen LogP contribution in [0.5, 0.6) is 0 Å². The lowest BCUT2D eigenvalue weighted by molar-refractivity contribution is 1.04. The molecular weight excluding hydrogens is 350 g/mol. The second kappa shape index (κ2) is 6.44. The van der Waals surface area contributed by atoms with Gasteiger partial charge in [-0.3, -0.25) is 4.40 Å². The lowest BCUT2D eigenvalue weighted by Gasteiger charge is -2.10. The van der Waals surface area contributed by atoms with Crippen molar-refractivity contribution in [2.45, 2.75) is 17.7 Å². The van der Waals surface area contributed by atoms with Gasteiger partial charge in [0, 0.05) is 10.8 Å². The molecule has 2 aromatic heterocycles. The van der Waals surface area contributed by atoms with Crippen LogP contribution in [-0.2, 0) is 5.75 Å². The maximum absolute atomic E-state index is 9.55. The van der Waals surface area contributed by atoms with Crippen molar-refractivity contribution in [3.63, 3.8) is 0 Å². The molecule has 0 saturated carbocycles. The van der Waals surface area contributed by atoms with Crippen LogP contribution in [0.2, 0.25) is 5.02 Å². The van der Waals surface area contributed by atoms with E-state index in [9.17, 15) is 5.26 Å². The quantitative estimate of drug-likeness (QED) is 0.444. The number of imidazole rings is 1. The highest BCUT2D eigenvalue weighted by molar-refractivity contribution is 7.98. The Morgan fingerprint density at radius 1 is 1.16 bits per heavy atom. The highest BCUT2D eigenvalue weighted by Gasteiger charge is 2.15. The fraction of sp³-hybridized carbons (Fsp3) is 0.100. The van der Waals surface area contributed by atoms with Gasteiger partial charge in [-0.2, -0.15) is 5.26 Å². The predicted molar refractivity (Wildman–Crippen MR) is 103 cm³/mol. The SMILES string of the molecule is Cc1cc(SCc2cccc(Cl)c2)n2c(nc3ccccc32)c1C#N. The van der Waals surface area contributed by atoms with Gasteiger partial charge in [-0.05, 0) is 48.4 Å². The van der Waals surface area contributed by atoms with Gasteiger partial charge in [0.1, 0.15) is 6.07 Å². The van der Waals surface area contributed by atoms with Gasteiger partial charge in [0.25, 0.3) is 0 Å². The van der Waals surface area contributed by atoms with Crippen LogP contribution in [0.4, 0.5) is 0 Å². The number of rotatable bonds is 3. The second-order valence-corrected chi connectivity index (χ2v) is 7.26. The zero-order valence-electron chi connectivity index (χ0n) is 13.5. The van der Waals surface area contributed by atoms with Crippen molar-refractivity contribution in [1.29, 1.82) is 5.26 Å². The number of aryl methyl sites for hydroxylation is 1. The summed E-state index contributed by atoms with van der Waals surface area (Å²) >= 11 is 7.81. The standard InChI is InChI=1S/C20H14ClN3S/c1-13-9-19(25-12-14-5-4-6-15(21)10-14)24-18-8-3-2-7-17(18)23-20(24)16(13)11-22/h2-10H,12H2,1H3. The Morgan fingerprint density at radius 2 is 2.00 bits per heavy atom. The van der Waals surface area contributed by atoms with Crippen molar-refractivity contribution >= 4 is 40.0 Å². The number of thioether (sulfide) groups is 1. The van der Waals surface area contributed by atoms with Crippen LogP contribution in [-0.4, -0.2) is 9.38 Å². The summed E-state index contributed by atoms with van der Waals surface area (Å²) in [6.07, 6.45) is 0. The Hall–Kier alpha value is -2.48. The first kappa shape index (κ1) is 16.0. The number of hydrogen-bond acceptors (Lipinski definition) is 3. The molecule has 5 heteroatoms. The summed E-state index contributed by atoms with van der Waals surface area (Å²) in [5, 5.41) is 11.4. The number of para-hydroxylation sites is 2. The molecule has 2 heterocycles. The molecule has 0 amide bonds. The first-order chi connectivity index (χ1) is 12.2. The largest absolute Gasteiger partial charge is 0.286 e. The molecular formula is C20H14ClN3S. The summed E-state index contributed by atoms with van der Waals surface area (Å²) in [5.74, 6) is 0.799. The molecule has 0 unspecified atom stereocenters. The smallest absolute Gasteiger partial charge is 0.157 e. The molecule has 0 bridgehead atoms. The van der Waals surface area contributed by atoms with Crippen molar-refractivity contribution in [1.82, 2.24) is 9.38 Å². The van der Waals surface area contributed by atoms with Crippen molar-refractivity contribution in [3.8, 4) is 6.07 Å². The first-order valence-electron chi connectivity index (χ1n) is 7.85. The number of fused-ring (bicyclic) bond motifs is 3. The Bertz CT molecular complexity index is 1140. The van der Waals surface area contributed by atoms with E-state index < -0.39 is 0 Å². The molecule has 0 atom stereocenters. The van der Waals surface area contributed by atoms with Gasteiger partial charge in [0.2, 0.25) is 0 Å². The molecule has 0 saturated heterocycles. The third kappa shape index (κ3) is 2.86. The van der Waals surface area contributed by atoms with Crippen LogP contribution in [0.15, 0.2) is 59.6 Å². The maximum atomic E-state index is 9.55. The Morgan fingerprint density at radius 3 is 2.80 bits per heavy atom. The predicted octanol–water partition coefficient (Wildman–Crippen LogP) is 5.61. The molecule has 0 aliphatic carbocycles. The molecule has 0 spiro atoms. The maximum Gasteiger partial charge on any atom is 0.157 e. The fourth-order valence-electron chi connectivity index (χ4n) is 2.94. The van der Waals surface area contributed by atoms with Gasteiger partial charge in [0.05, 0.1) is 21.6 Å². The fourth-order valence-corrected chi connectivity index (χ4v) is 4.22. The summed E-state index contributed by atoms with van der Waals surface area (Å²) < 4.78 is 2.08. The number of pyridine rings is 1. The van der Waals surface area contributed by atoms with E-state index in [0.717, 1.165) is 43.6 Å². The van der Waals surface area contributed by atoms with Crippen molar-refractivity contribution < 1.29 is 0 Å². The van der Waals surface area contributed by atoms with Crippen LogP contribution in [0.25, 0.3) is 16.7 Å². The number of nitriles is 1. The molecule has 0 radical (unpaired) electrons. The van der Waals surface area contributed by atoms with Gasteiger partial charge in [-0.25, -0.2) is 4.98 Å². The molecule has 25 heavy (non-hydrogen) atoms. The van der Waals surface area contributed by atoms with Gasteiger partial charge in [-0.15, -0.1) is 11.8 Å². The highest BCUT2D eigenvalue weighted by Crippen LogP contribution is 2.31. The monoisotopic (exact) mass is 363 g/mol. The van der Waals surface area contributed by atoms with E-state index in [1.807, 2.05) is 49.4 Å². The van der Waals surface area contributed by atoms with Gasteiger partial charge in [0.15, 0.2) is 5.65 Å². The van der Waals surface area contributed by atoms with Crippen LogP contribution < -0.4 is 0 Å². The zero-order valence-corrected chi connectivity index (χ0v) is 15.1. The normalized spacial score (nSPS) is 11.1. The minimum absolute atomic E-state index is 0.628. The van der Waals surface area contributed by atoms with E-state index in [1.54, 1.807) is 11.8 Å². The van der Waals surface area contributed by atoms with E-state index in [0.29, 0.717) is 5.56 Å². The number of aromatic nitrogens is 2. The van der Waals surface area contributed by atoms with Gasteiger partial charge >= 0.3 is 0 Å². The third-order valence-electron chi connectivity index (χ3n) is 4.13. The van der Waals surface area contributed by atoms with Crippen LogP contribution >= 0.6 is 23.4 Å². The summed E-state index contributed by atoms with van der Waals surface area (Å²) in [6.45, 7) is 1.96. The molecule has 0 aliphatic rings. The molecule has 3 nitrogen and oxygen atoms in total. The minimum Gasteiger partial charge on any atom is -0.286 e. The Labute approximate surface area is 154 Å². The molecule has 4 aromatic rings. The lowest BCUT2D eigenvalue weighted by Crippen LogP contribution is -1.97. The summed E-state index contributed by atoms with van der Waals surface area (Å²) in [6, 6.07) is 20.2. The number of hydrogen-bond donors (Lipinski definition) is 0. The topological polar surface area (TPSA) is 41.1 Å². The summed E-state index contributed by atoms with van der Waals surface area (Å²) in [7, 11) is 0. The van der Waals surface area contributed by atoms with Crippen molar-refractivity contribution in [2.24, 2.45) is 0 Å². The van der Waals surface area contributed by atoms with Crippen LogP contribution in [0, 0.1) is 18.3 Å². The molecule has 122 valence electrons. The summed E-state index contributed by atoms with van der Waals surface area (Å²) in [4.78, 5) is 4.68. The minimum atomic E-state index is 0.628. The van der Waals surface area contributed by atoms with E-state index in [-0.39, 0.29) is 0 Å². The van der Waals surface area contributed by atoms with Gasteiger partial charge in [-0.1, -0.05) is 35.9 Å². The van der Waals surface area contributed by atoms with Crippen LogP contribution in [0.3, 0.4) is 0 Å². The number of halogens is 1. The number of benzene rings is 2. The van der Waals surface area contributed by atoms with Crippen molar-refractivity contribution in [2.75, 3.05) is 0 Å². The Kier molecular flexibility index (Phi) is 4.12. The van der Waals surface area contributed by atoms with E-state index in [4.69, 9.17) is 11.6 Å². The lowest BCUT2D eigenvalue weighted by atomic mass is 10.2. The molecule has 0 fully saturated rings. The molecule has 2 aromatic carbocycles. The second-order valence-electron chi connectivity index (χ2n) is 5.83. The highest BCUT2D eigenvalue weighted by atomic mass is 35.5. The third-order valence-corrected chi connectivity index (χ3v) is 5.44. The molecule has 0 N–H and O–H groups in total. The van der Waals surface area contributed by atoms with Crippen molar-refractivity contribution in [3.05, 3.63) is 76.3 Å². The van der Waals surface area contributed by atoms with E-state index in [2.05, 4.69) is 27.6 Å². The van der Waals surface area contributed by atoms with E-state index in [1.165, 1.54) is 0 Å². The van der Waals surface area contributed by atoms with Gasteiger partial charge < -0.3 is 0 Å².